The number of aryl methyl sites for hydroxylation is 2. The first-order valence-electron chi connectivity index (χ1n) is 9.50. The number of hydrogen-bond donors (Lipinski definition) is 2. The molecule has 1 atom stereocenters. The van der Waals surface area contributed by atoms with Crippen molar-refractivity contribution < 1.29 is 14.0 Å². The predicted molar refractivity (Wildman–Crippen MR) is 110 cm³/mol. The predicted octanol–water partition coefficient (Wildman–Crippen LogP) is 2.81. The molecule has 1 unspecified atom stereocenters. The summed E-state index contributed by atoms with van der Waals surface area (Å²) in [6.07, 6.45) is 0. The number of aromatic nitrogens is 4. The number of rotatable bonds is 6. The molecule has 0 spiro atoms. The normalized spacial score (nSPS) is 11.9. The quantitative estimate of drug-likeness (QED) is 0.651. The second-order valence-electron chi connectivity index (χ2n) is 7.30. The van der Waals surface area contributed by atoms with Crippen molar-refractivity contribution in [2.24, 2.45) is 5.92 Å². The molecule has 3 rings (SSSR count). The molecule has 0 radical (unpaired) electrons. The summed E-state index contributed by atoms with van der Waals surface area (Å²) in [7, 11) is 0. The van der Waals surface area contributed by atoms with Crippen LogP contribution in [0, 0.1) is 25.6 Å². The molecule has 8 nitrogen and oxygen atoms in total. The minimum atomic E-state index is -0.852. The van der Waals surface area contributed by atoms with E-state index in [1.54, 1.807) is 32.9 Å². The Morgan fingerprint density at radius 1 is 1.10 bits per heavy atom. The lowest BCUT2D eigenvalue weighted by molar-refractivity contribution is -0.118. The minimum absolute atomic E-state index is 0.0248. The fraction of sp³-hybridized carbons (Fsp3) is 0.286. The average Bonchev–Trinajstić information content (AvgIpc) is 3.13. The minimum Gasteiger partial charge on any atom is -0.340 e. The van der Waals surface area contributed by atoms with Crippen molar-refractivity contribution in [3.05, 3.63) is 65.2 Å². The zero-order valence-electron chi connectivity index (χ0n) is 17.2. The molecular weight excluding hydrogens is 387 g/mol. The number of amides is 2. The molecule has 2 amide bonds. The lowest BCUT2D eigenvalue weighted by Gasteiger charge is -2.22. The summed E-state index contributed by atoms with van der Waals surface area (Å²) in [5.74, 6) is -1.18. The van der Waals surface area contributed by atoms with Crippen molar-refractivity contribution in [2.75, 3.05) is 5.32 Å². The molecule has 0 aliphatic rings. The summed E-state index contributed by atoms with van der Waals surface area (Å²) in [4.78, 5) is 25.5. The fourth-order valence-electron chi connectivity index (χ4n) is 3.00. The van der Waals surface area contributed by atoms with Crippen molar-refractivity contribution in [3.8, 4) is 5.69 Å². The van der Waals surface area contributed by atoms with Gasteiger partial charge in [0, 0.05) is 5.56 Å². The van der Waals surface area contributed by atoms with Crippen LogP contribution in [-0.4, -0.2) is 38.1 Å². The van der Waals surface area contributed by atoms with Crippen LogP contribution in [-0.2, 0) is 4.79 Å². The maximum absolute atomic E-state index is 14.4. The van der Waals surface area contributed by atoms with E-state index >= 15 is 0 Å². The van der Waals surface area contributed by atoms with Gasteiger partial charge in [0.1, 0.15) is 11.9 Å². The second-order valence-corrected chi connectivity index (χ2v) is 7.30. The maximum Gasteiger partial charge on any atom is 0.252 e. The van der Waals surface area contributed by atoms with Gasteiger partial charge >= 0.3 is 0 Å². The van der Waals surface area contributed by atoms with Crippen molar-refractivity contribution in [1.82, 2.24) is 25.5 Å². The van der Waals surface area contributed by atoms with Gasteiger partial charge in [-0.05, 0) is 60.0 Å². The van der Waals surface area contributed by atoms with E-state index in [1.165, 1.54) is 22.9 Å². The molecule has 0 bridgehead atoms. The van der Waals surface area contributed by atoms with Gasteiger partial charge in [0.2, 0.25) is 5.91 Å². The molecule has 0 saturated carbocycles. The van der Waals surface area contributed by atoms with Crippen LogP contribution in [0.2, 0.25) is 0 Å². The SMILES string of the molecule is Cc1ccccc1C(=O)NC(C(=O)Nc1cc(-n2nnnc2C)ccc1F)C(C)C. The monoisotopic (exact) mass is 410 g/mol. The van der Waals surface area contributed by atoms with Gasteiger partial charge in [-0.3, -0.25) is 9.59 Å². The van der Waals surface area contributed by atoms with Crippen LogP contribution in [0.15, 0.2) is 42.5 Å². The van der Waals surface area contributed by atoms with Gasteiger partial charge in [-0.15, -0.1) is 5.10 Å². The number of halogens is 1. The zero-order valence-corrected chi connectivity index (χ0v) is 17.2. The van der Waals surface area contributed by atoms with Gasteiger partial charge in [0.05, 0.1) is 11.4 Å². The van der Waals surface area contributed by atoms with Crippen molar-refractivity contribution >= 4 is 17.5 Å². The summed E-state index contributed by atoms with van der Waals surface area (Å²) in [6.45, 7) is 7.14. The Hall–Kier alpha value is -3.62. The summed E-state index contributed by atoms with van der Waals surface area (Å²) in [5, 5.41) is 16.5. The van der Waals surface area contributed by atoms with Gasteiger partial charge in [-0.2, -0.15) is 4.68 Å². The number of benzene rings is 2. The number of carbonyl (C=O) groups is 2. The number of nitrogens with zero attached hydrogens (tertiary/aromatic N) is 4. The van der Waals surface area contributed by atoms with E-state index in [4.69, 9.17) is 0 Å². The van der Waals surface area contributed by atoms with Gasteiger partial charge < -0.3 is 10.6 Å². The van der Waals surface area contributed by atoms with E-state index < -0.39 is 17.8 Å². The topological polar surface area (TPSA) is 102 Å². The van der Waals surface area contributed by atoms with Gasteiger partial charge in [0.15, 0.2) is 5.82 Å². The third-order valence-electron chi connectivity index (χ3n) is 4.70. The van der Waals surface area contributed by atoms with E-state index in [1.807, 2.05) is 19.1 Å². The first-order chi connectivity index (χ1) is 14.3. The number of anilines is 1. The molecule has 156 valence electrons. The first kappa shape index (κ1) is 21.1. The van der Waals surface area contributed by atoms with Crippen LogP contribution < -0.4 is 10.6 Å². The highest BCUT2D eigenvalue weighted by molar-refractivity contribution is 6.02. The molecule has 0 aliphatic carbocycles. The van der Waals surface area contributed by atoms with Gasteiger partial charge in [0.25, 0.3) is 5.91 Å². The van der Waals surface area contributed by atoms with Crippen LogP contribution in [0.5, 0.6) is 0 Å². The van der Waals surface area contributed by atoms with E-state index in [2.05, 4.69) is 26.2 Å². The molecule has 2 aromatic carbocycles. The molecule has 9 heteroatoms. The summed E-state index contributed by atoms with van der Waals surface area (Å²) in [5.41, 5.74) is 1.76. The largest absolute Gasteiger partial charge is 0.340 e. The summed E-state index contributed by atoms with van der Waals surface area (Å²) < 4.78 is 15.8. The second kappa shape index (κ2) is 8.81. The van der Waals surface area contributed by atoms with Gasteiger partial charge in [-0.25, -0.2) is 4.39 Å². The van der Waals surface area contributed by atoms with Crippen LogP contribution in [0.1, 0.15) is 35.6 Å². The first-order valence-corrected chi connectivity index (χ1v) is 9.50. The third-order valence-corrected chi connectivity index (χ3v) is 4.70. The van der Waals surface area contributed by atoms with Crippen LogP contribution in [0.4, 0.5) is 10.1 Å². The Balaban J connectivity index is 1.81. The van der Waals surface area contributed by atoms with E-state index in [9.17, 15) is 14.0 Å². The Labute approximate surface area is 173 Å². The van der Waals surface area contributed by atoms with E-state index in [0.717, 1.165) is 5.56 Å². The number of tetrazole rings is 1. The lowest BCUT2D eigenvalue weighted by atomic mass is 10.0. The van der Waals surface area contributed by atoms with Crippen molar-refractivity contribution in [2.45, 2.75) is 33.7 Å². The molecule has 30 heavy (non-hydrogen) atoms. The van der Waals surface area contributed by atoms with Crippen LogP contribution in [0.25, 0.3) is 5.69 Å². The summed E-state index contributed by atoms with van der Waals surface area (Å²) >= 11 is 0. The van der Waals surface area contributed by atoms with Crippen LogP contribution in [0.3, 0.4) is 0 Å². The fourth-order valence-corrected chi connectivity index (χ4v) is 3.00. The smallest absolute Gasteiger partial charge is 0.252 e. The molecule has 0 saturated heterocycles. The molecule has 2 N–H and O–H groups in total. The Morgan fingerprint density at radius 2 is 1.83 bits per heavy atom. The van der Waals surface area contributed by atoms with Gasteiger partial charge in [-0.1, -0.05) is 32.0 Å². The molecule has 1 heterocycles. The molecule has 1 aromatic heterocycles. The van der Waals surface area contributed by atoms with Crippen molar-refractivity contribution in [3.63, 3.8) is 0 Å². The molecule has 3 aromatic rings. The highest BCUT2D eigenvalue weighted by Crippen LogP contribution is 2.20. The van der Waals surface area contributed by atoms with E-state index in [0.29, 0.717) is 17.1 Å². The zero-order chi connectivity index (χ0) is 21.8. The Morgan fingerprint density at radius 3 is 2.47 bits per heavy atom. The Kier molecular flexibility index (Phi) is 6.20. The number of carbonyl (C=O) groups excluding carboxylic acids is 2. The standard InChI is InChI=1S/C21H23FN6O2/c1-12(2)19(24-20(29)16-8-6-5-7-13(16)3)21(30)23-18-11-15(9-10-17(18)22)28-14(4)25-26-27-28/h5-12,19H,1-4H3,(H,23,30)(H,24,29). The molecule has 0 aliphatic heterocycles. The number of hydrogen-bond acceptors (Lipinski definition) is 5. The average molecular weight is 410 g/mol. The maximum atomic E-state index is 14.4. The van der Waals surface area contributed by atoms with Crippen LogP contribution >= 0.6 is 0 Å². The molecular formula is C21H23FN6O2. The summed E-state index contributed by atoms with van der Waals surface area (Å²) in [6, 6.07) is 10.4. The van der Waals surface area contributed by atoms with E-state index in [-0.39, 0.29) is 17.5 Å². The Bertz CT molecular complexity index is 1080. The highest BCUT2D eigenvalue weighted by Gasteiger charge is 2.26. The van der Waals surface area contributed by atoms with Crippen molar-refractivity contribution in [1.29, 1.82) is 0 Å². The molecule has 0 fully saturated rings. The highest BCUT2D eigenvalue weighted by atomic mass is 19.1. The lowest BCUT2D eigenvalue weighted by Crippen LogP contribution is -2.47. The third kappa shape index (κ3) is 4.51. The number of nitrogens with one attached hydrogen (secondary N) is 2.